The van der Waals surface area contributed by atoms with Gasteiger partial charge in [0.1, 0.15) is 12.9 Å². The van der Waals surface area contributed by atoms with E-state index in [1.54, 1.807) is 36.8 Å². The molecular weight excluding hydrogens is 400 g/mol. The zero-order chi connectivity index (χ0) is 22.5. The van der Waals surface area contributed by atoms with Crippen LogP contribution in [0.5, 0.6) is 0 Å². The largest absolute Gasteiger partial charge is 0.457 e. The second kappa shape index (κ2) is 9.43. The summed E-state index contributed by atoms with van der Waals surface area (Å²) in [5.41, 5.74) is 5.01. The van der Waals surface area contributed by atoms with E-state index in [0.717, 1.165) is 22.4 Å². The summed E-state index contributed by atoms with van der Waals surface area (Å²) < 4.78 is 7.03. The van der Waals surface area contributed by atoms with Crippen LogP contribution in [0.3, 0.4) is 0 Å². The Morgan fingerprint density at radius 1 is 0.906 bits per heavy atom. The van der Waals surface area contributed by atoms with Crippen molar-refractivity contribution in [2.45, 2.75) is 26.4 Å². The van der Waals surface area contributed by atoms with Crippen LogP contribution in [-0.2, 0) is 11.3 Å². The van der Waals surface area contributed by atoms with E-state index in [9.17, 15) is 9.59 Å². The number of aromatic nitrogens is 2. The van der Waals surface area contributed by atoms with Gasteiger partial charge in [-0.05, 0) is 47.9 Å². The van der Waals surface area contributed by atoms with Gasteiger partial charge < -0.3 is 4.74 Å². The lowest BCUT2D eigenvalue weighted by Gasteiger charge is -2.16. The van der Waals surface area contributed by atoms with Crippen LogP contribution in [-0.4, -0.2) is 21.4 Å². The Labute approximate surface area is 187 Å². The molecule has 5 nitrogen and oxygen atoms in total. The molecule has 5 heteroatoms. The summed E-state index contributed by atoms with van der Waals surface area (Å²) in [6, 6.07) is 24.1. The SMILES string of the molecule is Cc1c(COC(=O)c2ccccc2)cccc1[C@H](C)c1cn(C(=O)c2ccccc2)cn1. The van der Waals surface area contributed by atoms with Crippen molar-refractivity contribution in [1.82, 2.24) is 9.55 Å². The van der Waals surface area contributed by atoms with Gasteiger partial charge in [-0.15, -0.1) is 0 Å². The normalized spacial score (nSPS) is 11.7. The van der Waals surface area contributed by atoms with Crippen LogP contribution in [0, 0.1) is 6.92 Å². The second-order valence-electron chi connectivity index (χ2n) is 7.67. The molecule has 4 rings (SSSR count). The monoisotopic (exact) mass is 424 g/mol. The predicted octanol–water partition coefficient (Wildman–Crippen LogP) is 5.39. The Hall–Kier alpha value is -3.99. The van der Waals surface area contributed by atoms with E-state index in [-0.39, 0.29) is 24.4 Å². The highest BCUT2D eigenvalue weighted by molar-refractivity contribution is 5.95. The van der Waals surface area contributed by atoms with Crippen LogP contribution in [0.15, 0.2) is 91.4 Å². The van der Waals surface area contributed by atoms with Crippen molar-refractivity contribution < 1.29 is 14.3 Å². The highest BCUT2D eigenvalue weighted by Crippen LogP contribution is 2.28. The smallest absolute Gasteiger partial charge is 0.338 e. The first-order valence-electron chi connectivity index (χ1n) is 10.5. The van der Waals surface area contributed by atoms with Crippen LogP contribution in [0.2, 0.25) is 0 Å². The maximum absolute atomic E-state index is 12.7. The molecule has 0 saturated carbocycles. The average molecular weight is 425 g/mol. The lowest BCUT2D eigenvalue weighted by Crippen LogP contribution is -2.10. The summed E-state index contributed by atoms with van der Waals surface area (Å²) in [5, 5.41) is 0. The number of hydrogen-bond donors (Lipinski definition) is 0. The van der Waals surface area contributed by atoms with E-state index in [0.29, 0.717) is 11.1 Å². The Balaban J connectivity index is 1.50. The van der Waals surface area contributed by atoms with E-state index < -0.39 is 0 Å². The summed E-state index contributed by atoms with van der Waals surface area (Å²) in [7, 11) is 0. The van der Waals surface area contributed by atoms with Crippen molar-refractivity contribution in [3.05, 3.63) is 125 Å². The van der Waals surface area contributed by atoms with Gasteiger partial charge in [-0.1, -0.05) is 61.5 Å². The molecule has 3 aromatic carbocycles. The number of rotatable bonds is 6. The molecule has 0 radical (unpaired) electrons. The average Bonchev–Trinajstić information content (AvgIpc) is 3.34. The number of carbonyl (C=O) groups excluding carboxylic acids is 2. The van der Waals surface area contributed by atoms with Crippen LogP contribution >= 0.6 is 0 Å². The minimum Gasteiger partial charge on any atom is -0.457 e. The Kier molecular flexibility index (Phi) is 6.26. The van der Waals surface area contributed by atoms with Crippen LogP contribution in [0.1, 0.15) is 55.9 Å². The van der Waals surface area contributed by atoms with E-state index in [1.165, 1.54) is 4.57 Å². The lowest BCUT2D eigenvalue weighted by molar-refractivity contribution is 0.0472. The third-order valence-corrected chi connectivity index (χ3v) is 5.62. The highest BCUT2D eigenvalue weighted by Gasteiger charge is 2.18. The van der Waals surface area contributed by atoms with E-state index in [2.05, 4.69) is 11.9 Å². The zero-order valence-electron chi connectivity index (χ0n) is 18.1. The highest BCUT2D eigenvalue weighted by atomic mass is 16.5. The fraction of sp³-hybridized carbons (Fsp3) is 0.148. The number of benzene rings is 3. The molecule has 0 N–H and O–H groups in total. The van der Waals surface area contributed by atoms with Gasteiger partial charge in [-0.3, -0.25) is 9.36 Å². The molecule has 32 heavy (non-hydrogen) atoms. The maximum Gasteiger partial charge on any atom is 0.338 e. The molecule has 0 fully saturated rings. The van der Waals surface area contributed by atoms with Crippen molar-refractivity contribution in [3.63, 3.8) is 0 Å². The molecule has 160 valence electrons. The van der Waals surface area contributed by atoms with Crippen LogP contribution in [0.4, 0.5) is 0 Å². The van der Waals surface area contributed by atoms with Crippen molar-refractivity contribution in [2.75, 3.05) is 0 Å². The fourth-order valence-electron chi connectivity index (χ4n) is 3.69. The fourth-order valence-corrected chi connectivity index (χ4v) is 3.69. The molecule has 0 aliphatic carbocycles. The molecule has 0 bridgehead atoms. The molecule has 0 saturated heterocycles. The third-order valence-electron chi connectivity index (χ3n) is 5.62. The van der Waals surface area contributed by atoms with Crippen LogP contribution < -0.4 is 0 Å². The number of hydrogen-bond acceptors (Lipinski definition) is 4. The number of ether oxygens (including phenoxy) is 1. The Morgan fingerprint density at radius 3 is 2.25 bits per heavy atom. The van der Waals surface area contributed by atoms with Crippen molar-refractivity contribution in [2.24, 2.45) is 0 Å². The molecule has 4 aromatic rings. The second-order valence-corrected chi connectivity index (χ2v) is 7.67. The molecule has 0 unspecified atom stereocenters. The molecule has 0 aliphatic heterocycles. The molecule has 0 spiro atoms. The minimum absolute atomic E-state index is 0.0235. The first-order chi connectivity index (χ1) is 15.5. The standard InChI is InChI=1S/C27H24N2O3/c1-19-23(17-32-27(31)22-12-7-4-8-13-22)14-9-15-24(19)20(2)25-16-29(18-28-25)26(30)21-10-5-3-6-11-21/h3-16,18,20H,17H2,1-2H3/t20-/m0/s1. The Bertz CT molecular complexity index is 1230. The topological polar surface area (TPSA) is 61.2 Å². The minimum atomic E-state index is -0.346. The summed E-state index contributed by atoms with van der Waals surface area (Å²) >= 11 is 0. The van der Waals surface area contributed by atoms with E-state index in [1.807, 2.05) is 61.5 Å². The summed E-state index contributed by atoms with van der Waals surface area (Å²) in [6.07, 6.45) is 3.34. The van der Waals surface area contributed by atoms with E-state index >= 15 is 0 Å². The summed E-state index contributed by atoms with van der Waals surface area (Å²) in [6.45, 7) is 4.27. The number of imidazole rings is 1. The third kappa shape index (κ3) is 4.52. The van der Waals surface area contributed by atoms with Gasteiger partial charge in [-0.25, -0.2) is 9.78 Å². The van der Waals surface area contributed by atoms with E-state index in [4.69, 9.17) is 4.74 Å². The lowest BCUT2D eigenvalue weighted by atomic mass is 9.91. The molecule has 0 aliphatic rings. The summed E-state index contributed by atoms with van der Waals surface area (Å²) in [5.74, 6) is -0.485. The number of nitrogens with zero attached hydrogens (tertiary/aromatic N) is 2. The molecule has 1 heterocycles. The first-order valence-corrected chi connectivity index (χ1v) is 10.5. The van der Waals surface area contributed by atoms with Crippen molar-refractivity contribution >= 4 is 11.9 Å². The number of carbonyl (C=O) groups is 2. The van der Waals surface area contributed by atoms with Gasteiger partial charge in [0.15, 0.2) is 0 Å². The quantitative estimate of drug-likeness (QED) is 0.390. The molecule has 0 amide bonds. The van der Waals surface area contributed by atoms with Gasteiger partial charge in [0.05, 0.1) is 11.3 Å². The van der Waals surface area contributed by atoms with Gasteiger partial charge >= 0.3 is 5.97 Å². The van der Waals surface area contributed by atoms with Crippen molar-refractivity contribution in [1.29, 1.82) is 0 Å². The van der Waals surface area contributed by atoms with Gasteiger partial charge in [-0.2, -0.15) is 0 Å². The molecular formula is C27H24N2O3. The van der Waals surface area contributed by atoms with Gasteiger partial charge in [0, 0.05) is 17.7 Å². The van der Waals surface area contributed by atoms with Gasteiger partial charge in [0.25, 0.3) is 5.91 Å². The van der Waals surface area contributed by atoms with Crippen molar-refractivity contribution in [3.8, 4) is 0 Å². The van der Waals surface area contributed by atoms with Crippen LogP contribution in [0.25, 0.3) is 0 Å². The predicted molar refractivity (Wildman–Crippen MR) is 123 cm³/mol. The number of esters is 1. The maximum atomic E-state index is 12.7. The molecule has 1 aromatic heterocycles. The molecule has 1 atom stereocenters. The zero-order valence-corrected chi connectivity index (χ0v) is 18.1. The Morgan fingerprint density at radius 2 is 1.56 bits per heavy atom. The summed E-state index contributed by atoms with van der Waals surface area (Å²) in [4.78, 5) is 29.4. The first kappa shape index (κ1) is 21.2. The van der Waals surface area contributed by atoms with Gasteiger partial charge in [0.2, 0.25) is 0 Å².